The van der Waals surface area contributed by atoms with Crippen LogP contribution in [-0.2, 0) is 4.79 Å². The predicted molar refractivity (Wildman–Crippen MR) is 53.7 cm³/mol. The molecule has 1 aromatic rings. The molecule has 0 fully saturated rings. The van der Waals surface area contributed by atoms with E-state index in [2.05, 4.69) is 15.5 Å². The fraction of sp³-hybridized carbons (Fsp3) is 0.222. The maximum absolute atomic E-state index is 11.2. The molecule has 0 radical (unpaired) electrons. The average Bonchev–Trinajstić information content (AvgIpc) is 2.47. The van der Waals surface area contributed by atoms with Crippen molar-refractivity contribution in [3.8, 4) is 0 Å². The Balaban J connectivity index is 2.95. The zero-order valence-corrected chi connectivity index (χ0v) is 8.37. The number of carbonyl (C=O) groups is 2. The Hall–Kier alpha value is -2.11. The molecule has 1 aromatic heterocycles. The third-order valence-corrected chi connectivity index (χ3v) is 1.72. The van der Waals surface area contributed by atoms with Crippen LogP contribution in [0.2, 0.25) is 0 Å². The quantitative estimate of drug-likeness (QED) is 0.645. The van der Waals surface area contributed by atoms with Crippen molar-refractivity contribution in [2.24, 2.45) is 0 Å². The number of hydrogen-bond acceptors (Lipinski definition) is 3. The van der Waals surface area contributed by atoms with Crippen LogP contribution in [0.4, 0.5) is 5.82 Å². The Morgan fingerprint density at radius 3 is 2.73 bits per heavy atom. The fourth-order valence-electron chi connectivity index (χ4n) is 1.09. The van der Waals surface area contributed by atoms with Crippen molar-refractivity contribution in [1.29, 1.82) is 0 Å². The number of aryl methyl sites for hydroxylation is 1. The molecule has 15 heavy (non-hydrogen) atoms. The molecule has 0 saturated carbocycles. The van der Waals surface area contributed by atoms with E-state index in [1.807, 2.05) is 0 Å². The number of carbonyl (C=O) groups excluding carboxylic acids is 1. The molecule has 1 heterocycles. The number of anilines is 1. The number of nitrogens with one attached hydrogen (secondary N) is 2. The topological polar surface area (TPSA) is 95.1 Å². The van der Waals surface area contributed by atoms with Gasteiger partial charge >= 0.3 is 5.97 Å². The summed E-state index contributed by atoms with van der Waals surface area (Å²) in [5.74, 6) is -1.51. The van der Waals surface area contributed by atoms with Crippen molar-refractivity contribution in [2.45, 2.75) is 13.8 Å². The van der Waals surface area contributed by atoms with Gasteiger partial charge in [-0.1, -0.05) is 6.08 Å². The normalized spacial score (nSPS) is 10.5. The highest BCUT2D eigenvalue weighted by Crippen LogP contribution is 2.15. The molecule has 0 atom stereocenters. The molecular formula is C9H11N3O3. The standard InChI is InChI=1S/C9H11N3O3/c1-3-4-6(13)10-8-7(9(14)15)5(2)11-12-8/h3-4H,1-2H3,(H,14,15)(H2,10,11,12,13)/b4-3+. The largest absolute Gasteiger partial charge is 0.477 e. The molecule has 0 aliphatic rings. The number of aromatic amines is 1. The number of carboxylic acid groups (broad SMARTS) is 1. The molecule has 0 bridgehead atoms. The summed E-state index contributed by atoms with van der Waals surface area (Å²) in [6.45, 7) is 3.26. The molecule has 3 N–H and O–H groups in total. The van der Waals surface area contributed by atoms with Crippen molar-refractivity contribution in [1.82, 2.24) is 10.2 Å². The van der Waals surface area contributed by atoms with Gasteiger partial charge in [0.25, 0.3) is 0 Å². The van der Waals surface area contributed by atoms with Crippen LogP contribution < -0.4 is 5.32 Å². The van der Waals surface area contributed by atoms with Gasteiger partial charge in [0.15, 0.2) is 5.82 Å². The first-order valence-corrected chi connectivity index (χ1v) is 4.28. The van der Waals surface area contributed by atoms with Gasteiger partial charge in [0, 0.05) is 5.69 Å². The second kappa shape index (κ2) is 4.41. The van der Waals surface area contributed by atoms with E-state index in [4.69, 9.17) is 5.11 Å². The Morgan fingerprint density at radius 1 is 1.53 bits per heavy atom. The van der Waals surface area contributed by atoms with E-state index in [0.717, 1.165) is 0 Å². The molecule has 0 spiro atoms. The van der Waals surface area contributed by atoms with Crippen LogP contribution in [-0.4, -0.2) is 27.2 Å². The van der Waals surface area contributed by atoms with Crippen LogP contribution in [0.5, 0.6) is 0 Å². The summed E-state index contributed by atoms with van der Waals surface area (Å²) >= 11 is 0. The molecule has 1 amide bonds. The van der Waals surface area contributed by atoms with Gasteiger partial charge in [-0.2, -0.15) is 5.10 Å². The number of amides is 1. The molecule has 1 rings (SSSR count). The Bertz CT molecular complexity index is 420. The second-order valence-electron chi connectivity index (χ2n) is 2.87. The van der Waals surface area contributed by atoms with E-state index in [1.165, 1.54) is 6.08 Å². The minimum Gasteiger partial charge on any atom is -0.477 e. The minimum atomic E-state index is -1.13. The van der Waals surface area contributed by atoms with Gasteiger partial charge in [-0.15, -0.1) is 0 Å². The fourth-order valence-corrected chi connectivity index (χ4v) is 1.09. The van der Waals surface area contributed by atoms with Crippen LogP contribution in [0, 0.1) is 6.92 Å². The summed E-state index contributed by atoms with van der Waals surface area (Å²) in [7, 11) is 0. The number of hydrogen-bond donors (Lipinski definition) is 3. The lowest BCUT2D eigenvalue weighted by atomic mass is 10.2. The molecule has 80 valence electrons. The molecule has 6 heteroatoms. The van der Waals surface area contributed by atoms with Gasteiger partial charge < -0.3 is 10.4 Å². The number of H-pyrrole nitrogens is 1. The molecular weight excluding hydrogens is 198 g/mol. The lowest BCUT2D eigenvalue weighted by Gasteiger charge is -1.98. The highest BCUT2D eigenvalue weighted by atomic mass is 16.4. The Kier molecular flexibility index (Phi) is 3.22. The zero-order valence-electron chi connectivity index (χ0n) is 8.37. The summed E-state index contributed by atoms with van der Waals surface area (Å²) in [4.78, 5) is 22.0. The van der Waals surface area contributed by atoms with E-state index in [0.29, 0.717) is 5.69 Å². The van der Waals surface area contributed by atoms with Gasteiger partial charge in [0.1, 0.15) is 5.56 Å². The van der Waals surface area contributed by atoms with E-state index >= 15 is 0 Å². The molecule has 0 unspecified atom stereocenters. The van der Waals surface area contributed by atoms with E-state index in [9.17, 15) is 9.59 Å². The Morgan fingerprint density at radius 2 is 2.20 bits per heavy atom. The molecule has 0 aliphatic carbocycles. The van der Waals surface area contributed by atoms with Crippen LogP contribution in [0.25, 0.3) is 0 Å². The van der Waals surface area contributed by atoms with Crippen LogP contribution in [0.15, 0.2) is 12.2 Å². The SMILES string of the molecule is C/C=C/C(=O)Nc1n[nH]c(C)c1C(=O)O. The highest BCUT2D eigenvalue weighted by molar-refractivity contribution is 6.03. The monoisotopic (exact) mass is 209 g/mol. The third-order valence-electron chi connectivity index (χ3n) is 1.72. The van der Waals surface area contributed by atoms with Crippen molar-refractivity contribution in [2.75, 3.05) is 5.32 Å². The van der Waals surface area contributed by atoms with E-state index in [1.54, 1.807) is 19.9 Å². The number of carboxylic acids is 1. The summed E-state index contributed by atoms with van der Waals surface area (Å²) in [6.07, 6.45) is 2.84. The zero-order chi connectivity index (χ0) is 11.4. The summed E-state index contributed by atoms with van der Waals surface area (Å²) in [6, 6.07) is 0. The first-order chi connectivity index (χ1) is 7.06. The molecule has 6 nitrogen and oxygen atoms in total. The molecule has 0 aliphatic heterocycles. The summed E-state index contributed by atoms with van der Waals surface area (Å²) < 4.78 is 0. The van der Waals surface area contributed by atoms with Crippen molar-refractivity contribution in [3.05, 3.63) is 23.4 Å². The van der Waals surface area contributed by atoms with Crippen LogP contribution in [0.3, 0.4) is 0 Å². The van der Waals surface area contributed by atoms with Crippen molar-refractivity contribution >= 4 is 17.7 Å². The predicted octanol–water partition coefficient (Wildman–Crippen LogP) is 0.931. The molecule has 0 aromatic carbocycles. The van der Waals surface area contributed by atoms with E-state index in [-0.39, 0.29) is 11.4 Å². The van der Waals surface area contributed by atoms with E-state index < -0.39 is 11.9 Å². The Labute approximate surface area is 86.0 Å². The lowest BCUT2D eigenvalue weighted by Crippen LogP contribution is -2.11. The number of allylic oxidation sites excluding steroid dienone is 1. The van der Waals surface area contributed by atoms with Gasteiger partial charge in [-0.25, -0.2) is 4.79 Å². The first-order valence-electron chi connectivity index (χ1n) is 4.28. The minimum absolute atomic E-state index is 0.0205. The maximum Gasteiger partial charge on any atom is 0.341 e. The van der Waals surface area contributed by atoms with Gasteiger partial charge in [0.05, 0.1) is 0 Å². The summed E-state index contributed by atoms with van der Waals surface area (Å²) in [5, 5.41) is 17.4. The first kappa shape index (κ1) is 11.0. The highest BCUT2D eigenvalue weighted by Gasteiger charge is 2.17. The second-order valence-corrected chi connectivity index (χ2v) is 2.87. The van der Waals surface area contributed by atoms with Gasteiger partial charge in [-0.3, -0.25) is 9.89 Å². The molecule has 0 saturated heterocycles. The number of aromatic nitrogens is 2. The third kappa shape index (κ3) is 2.43. The van der Waals surface area contributed by atoms with Crippen molar-refractivity contribution < 1.29 is 14.7 Å². The number of aromatic carboxylic acids is 1. The van der Waals surface area contributed by atoms with Gasteiger partial charge in [-0.05, 0) is 19.9 Å². The smallest absolute Gasteiger partial charge is 0.341 e. The number of nitrogens with zero attached hydrogens (tertiary/aromatic N) is 1. The maximum atomic E-state index is 11.2. The van der Waals surface area contributed by atoms with Crippen LogP contribution in [0.1, 0.15) is 23.0 Å². The van der Waals surface area contributed by atoms with Gasteiger partial charge in [0.2, 0.25) is 5.91 Å². The lowest BCUT2D eigenvalue weighted by molar-refractivity contribution is -0.111. The van der Waals surface area contributed by atoms with Crippen LogP contribution >= 0.6 is 0 Å². The average molecular weight is 209 g/mol. The van der Waals surface area contributed by atoms with Crippen molar-refractivity contribution in [3.63, 3.8) is 0 Å². The summed E-state index contributed by atoms with van der Waals surface area (Å²) in [5.41, 5.74) is 0.381. The number of rotatable bonds is 3.